The molecular weight excluding hydrogens is 486 g/mol. The van der Waals surface area contributed by atoms with E-state index < -0.39 is 0 Å². The number of hydrogen-bond donors (Lipinski definition) is 0. The highest BCUT2D eigenvalue weighted by Crippen LogP contribution is 2.35. The summed E-state index contributed by atoms with van der Waals surface area (Å²) in [5, 5.41) is 2.13. The van der Waals surface area contributed by atoms with Crippen LogP contribution in [0.3, 0.4) is 0 Å². The quantitative estimate of drug-likeness (QED) is 0.243. The van der Waals surface area contributed by atoms with Gasteiger partial charge in [-0.1, -0.05) is 75.6 Å². The van der Waals surface area contributed by atoms with Gasteiger partial charge in [-0.2, -0.15) is 0 Å². The van der Waals surface area contributed by atoms with Crippen molar-refractivity contribution in [3.05, 3.63) is 101 Å². The van der Waals surface area contributed by atoms with Crippen LogP contribution in [-0.2, 0) is 0 Å². The first kappa shape index (κ1) is 20.8. The van der Waals surface area contributed by atoms with Crippen LogP contribution in [0, 0.1) is 13.8 Å². The fourth-order valence-electron chi connectivity index (χ4n) is 4.38. The lowest BCUT2D eigenvalue weighted by atomic mass is 10.1. The van der Waals surface area contributed by atoms with E-state index in [1.54, 1.807) is 0 Å². The second-order valence-electron chi connectivity index (χ2n) is 8.47. The molecule has 2 heterocycles. The van der Waals surface area contributed by atoms with Crippen molar-refractivity contribution in [2.45, 2.75) is 13.8 Å². The summed E-state index contributed by atoms with van der Waals surface area (Å²) in [6.07, 6.45) is 0. The first-order chi connectivity index (χ1) is 16.5. The minimum absolute atomic E-state index is 0.590. The molecule has 0 spiro atoms. The number of rotatable bonds is 3. The van der Waals surface area contributed by atoms with Crippen LogP contribution in [0.25, 0.3) is 56.1 Å². The number of benzene rings is 4. The molecule has 6 rings (SSSR count). The third-order valence-corrected chi connectivity index (χ3v) is 6.39. The molecule has 0 atom stereocenters. The van der Waals surface area contributed by atoms with Crippen LogP contribution in [0.2, 0.25) is 0 Å². The number of furan rings is 1. The standard InChI is InChI=1S/C29H20BrN3O/c1-17-14-18(2)16-20(15-17)28-31-27(19-10-12-21(30)13-11-19)32-29(33-28)24-8-5-7-23-22-6-3-4-9-25(22)34-26(23)24/h3-16H,1-2H3. The molecule has 34 heavy (non-hydrogen) atoms. The van der Waals surface area contributed by atoms with Crippen molar-refractivity contribution in [3.8, 4) is 34.2 Å². The summed E-state index contributed by atoms with van der Waals surface area (Å²) in [4.78, 5) is 14.7. The first-order valence-electron chi connectivity index (χ1n) is 11.1. The summed E-state index contributed by atoms with van der Waals surface area (Å²) in [6.45, 7) is 4.17. The number of nitrogens with zero attached hydrogens (tertiary/aromatic N) is 3. The van der Waals surface area contributed by atoms with Crippen molar-refractivity contribution >= 4 is 37.9 Å². The van der Waals surface area contributed by atoms with Gasteiger partial charge in [0.1, 0.15) is 11.2 Å². The molecule has 164 valence electrons. The molecule has 0 N–H and O–H groups in total. The molecule has 4 aromatic carbocycles. The van der Waals surface area contributed by atoms with E-state index in [0.29, 0.717) is 17.5 Å². The van der Waals surface area contributed by atoms with Gasteiger partial charge in [-0.05, 0) is 50.2 Å². The van der Waals surface area contributed by atoms with E-state index in [4.69, 9.17) is 19.4 Å². The van der Waals surface area contributed by atoms with E-state index in [1.165, 1.54) is 11.1 Å². The minimum Gasteiger partial charge on any atom is -0.455 e. The molecule has 0 radical (unpaired) electrons. The summed E-state index contributed by atoms with van der Waals surface area (Å²) in [5.74, 6) is 1.86. The van der Waals surface area contributed by atoms with Gasteiger partial charge in [0.25, 0.3) is 0 Å². The molecule has 6 aromatic rings. The van der Waals surface area contributed by atoms with Crippen molar-refractivity contribution in [2.75, 3.05) is 0 Å². The van der Waals surface area contributed by atoms with Crippen LogP contribution in [0.4, 0.5) is 0 Å². The van der Waals surface area contributed by atoms with Gasteiger partial charge < -0.3 is 4.42 Å². The number of hydrogen-bond acceptors (Lipinski definition) is 4. The number of aromatic nitrogens is 3. The zero-order chi connectivity index (χ0) is 23.2. The van der Waals surface area contributed by atoms with Crippen molar-refractivity contribution in [1.29, 1.82) is 0 Å². The Balaban J connectivity index is 1.63. The van der Waals surface area contributed by atoms with Crippen LogP contribution in [0.1, 0.15) is 11.1 Å². The molecule has 0 fully saturated rings. The van der Waals surface area contributed by atoms with Gasteiger partial charge in [0.15, 0.2) is 17.5 Å². The van der Waals surface area contributed by atoms with Crippen molar-refractivity contribution < 1.29 is 4.42 Å². The van der Waals surface area contributed by atoms with Gasteiger partial charge in [0.05, 0.1) is 5.56 Å². The van der Waals surface area contributed by atoms with Crippen LogP contribution >= 0.6 is 15.9 Å². The highest BCUT2D eigenvalue weighted by Gasteiger charge is 2.17. The molecule has 5 heteroatoms. The van der Waals surface area contributed by atoms with E-state index in [2.05, 4.69) is 60.1 Å². The zero-order valence-corrected chi connectivity index (χ0v) is 20.3. The third kappa shape index (κ3) is 3.68. The topological polar surface area (TPSA) is 51.8 Å². The minimum atomic E-state index is 0.590. The predicted octanol–water partition coefficient (Wildman–Crippen LogP) is 8.15. The lowest BCUT2D eigenvalue weighted by Gasteiger charge is -2.10. The second kappa shape index (κ2) is 8.19. The predicted molar refractivity (Wildman–Crippen MR) is 141 cm³/mol. The van der Waals surface area contributed by atoms with Gasteiger partial charge in [-0.25, -0.2) is 15.0 Å². The maximum absolute atomic E-state index is 6.28. The maximum atomic E-state index is 6.28. The third-order valence-electron chi connectivity index (χ3n) is 5.86. The normalized spacial score (nSPS) is 11.4. The van der Waals surface area contributed by atoms with E-state index >= 15 is 0 Å². The van der Waals surface area contributed by atoms with Crippen LogP contribution < -0.4 is 0 Å². The van der Waals surface area contributed by atoms with E-state index in [1.807, 2.05) is 54.6 Å². The molecule has 0 unspecified atom stereocenters. The molecule has 4 nitrogen and oxygen atoms in total. The molecule has 0 saturated carbocycles. The monoisotopic (exact) mass is 505 g/mol. The highest BCUT2D eigenvalue weighted by atomic mass is 79.9. The maximum Gasteiger partial charge on any atom is 0.167 e. The van der Waals surface area contributed by atoms with Gasteiger partial charge in [-0.15, -0.1) is 0 Å². The van der Waals surface area contributed by atoms with Crippen LogP contribution in [0.5, 0.6) is 0 Å². The van der Waals surface area contributed by atoms with Gasteiger partial charge >= 0.3 is 0 Å². The summed E-state index contributed by atoms with van der Waals surface area (Å²) in [7, 11) is 0. The molecular formula is C29H20BrN3O. The molecule has 0 aliphatic rings. The largest absolute Gasteiger partial charge is 0.455 e. The average molecular weight is 506 g/mol. The summed E-state index contributed by atoms with van der Waals surface area (Å²) in [5.41, 5.74) is 6.71. The molecule has 0 aliphatic heterocycles. The summed E-state index contributed by atoms with van der Waals surface area (Å²) in [6, 6.07) is 28.6. The highest BCUT2D eigenvalue weighted by molar-refractivity contribution is 9.10. The van der Waals surface area contributed by atoms with Gasteiger partial charge in [0.2, 0.25) is 0 Å². The molecule has 0 saturated heterocycles. The van der Waals surface area contributed by atoms with Crippen LogP contribution in [0.15, 0.2) is 93.8 Å². The van der Waals surface area contributed by atoms with E-state index in [0.717, 1.165) is 43.1 Å². The Kier molecular flexibility index (Phi) is 5.00. The number of halogens is 1. The Morgan fingerprint density at radius 1 is 0.618 bits per heavy atom. The summed E-state index contributed by atoms with van der Waals surface area (Å²) >= 11 is 3.51. The van der Waals surface area contributed by atoms with Gasteiger partial charge in [-0.3, -0.25) is 0 Å². The molecule has 2 aromatic heterocycles. The smallest absolute Gasteiger partial charge is 0.167 e. The molecule has 0 amide bonds. The van der Waals surface area contributed by atoms with Gasteiger partial charge in [0, 0.05) is 26.4 Å². The second-order valence-corrected chi connectivity index (χ2v) is 9.39. The fraction of sp³-hybridized carbons (Fsp3) is 0.0690. The molecule has 0 aliphatic carbocycles. The summed E-state index contributed by atoms with van der Waals surface area (Å²) < 4.78 is 7.28. The van der Waals surface area contributed by atoms with E-state index in [9.17, 15) is 0 Å². The Morgan fingerprint density at radius 2 is 1.26 bits per heavy atom. The Hall–Kier alpha value is -3.83. The first-order valence-corrected chi connectivity index (χ1v) is 11.9. The van der Waals surface area contributed by atoms with E-state index in [-0.39, 0.29) is 0 Å². The van der Waals surface area contributed by atoms with Crippen molar-refractivity contribution in [1.82, 2.24) is 15.0 Å². The lowest BCUT2D eigenvalue weighted by molar-refractivity contribution is 0.669. The zero-order valence-electron chi connectivity index (χ0n) is 18.7. The van der Waals surface area contributed by atoms with Crippen molar-refractivity contribution in [2.24, 2.45) is 0 Å². The van der Waals surface area contributed by atoms with Crippen molar-refractivity contribution in [3.63, 3.8) is 0 Å². The average Bonchev–Trinajstić information content (AvgIpc) is 3.22. The number of para-hydroxylation sites is 2. The Bertz CT molecular complexity index is 1670. The Morgan fingerprint density at radius 3 is 2.03 bits per heavy atom. The fourth-order valence-corrected chi connectivity index (χ4v) is 4.64. The number of aryl methyl sites for hydroxylation is 2. The van der Waals surface area contributed by atoms with Crippen LogP contribution in [-0.4, -0.2) is 15.0 Å². The molecule has 0 bridgehead atoms. The lowest BCUT2D eigenvalue weighted by Crippen LogP contribution is -2.00. The Labute approximate surface area is 205 Å². The SMILES string of the molecule is Cc1cc(C)cc(-c2nc(-c3ccc(Br)cc3)nc(-c3cccc4c3oc3ccccc34)n2)c1. The number of fused-ring (bicyclic) bond motifs is 3.